The van der Waals surface area contributed by atoms with Gasteiger partial charge in [0, 0.05) is 37.4 Å². The quantitative estimate of drug-likeness (QED) is 0.905. The molecular formula is C17H21N3O. The summed E-state index contributed by atoms with van der Waals surface area (Å²) in [5.41, 5.74) is 0.963. The van der Waals surface area contributed by atoms with E-state index in [-0.39, 0.29) is 0 Å². The maximum absolute atomic E-state index is 9.77. The summed E-state index contributed by atoms with van der Waals surface area (Å²) in [6.07, 6.45) is 4.05. The molecule has 1 aromatic heterocycles. The second-order valence-corrected chi connectivity index (χ2v) is 5.46. The van der Waals surface area contributed by atoms with Crippen LogP contribution in [0.2, 0.25) is 0 Å². The van der Waals surface area contributed by atoms with Crippen LogP contribution in [0, 0.1) is 0 Å². The lowest BCUT2D eigenvalue weighted by Gasteiger charge is -2.33. The molecule has 21 heavy (non-hydrogen) atoms. The molecule has 0 bridgehead atoms. The van der Waals surface area contributed by atoms with Crippen LogP contribution in [-0.2, 0) is 6.54 Å². The predicted octanol–water partition coefficient (Wildman–Crippen LogP) is 2.55. The van der Waals surface area contributed by atoms with Gasteiger partial charge in [-0.1, -0.05) is 24.3 Å². The van der Waals surface area contributed by atoms with Crippen molar-refractivity contribution >= 4 is 5.82 Å². The summed E-state index contributed by atoms with van der Waals surface area (Å²) in [6, 6.07) is 14.1. The maximum atomic E-state index is 9.77. The number of aromatic nitrogens is 1. The van der Waals surface area contributed by atoms with E-state index >= 15 is 0 Å². The number of benzene rings is 1. The Kier molecular flexibility index (Phi) is 4.36. The molecule has 1 saturated heterocycles. The molecule has 0 saturated carbocycles. The first-order valence-corrected chi connectivity index (χ1v) is 7.49. The van der Waals surface area contributed by atoms with Crippen molar-refractivity contribution in [2.75, 3.05) is 18.0 Å². The summed E-state index contributed by atoms with van der Waals surface area (Å²) in [6.45, 7) is 2.77. The molecule has 110 valence electrons. The highest BCUT2D eigenvalue weighted by Gasteiger charge is 2.19. The topological polar surface area (TPSA) is 48.4 Å². The maximum Gasteiger partial charge on any atom is 0.128 e. The molecule has 0 amide bonds. The largest absolute Gasteiger partial charge is 0.508 e. The van der Waals surface area contributed by atoms with E-state index in [1.54, 1.807) is 6.07 Å². The van der Waals surface area contributed by atoms with Crippen LogP contribution in [0.3, 0.4) is 0 Å². The molecule has 1 aromatic carbocycles. The number of phenols is 1. The van der Waals surface area contributed by atoms with Gasteiger partial charge in [-0.15, -0.1) is 0 Å². The Hall–Kier alpha value is -2.07. The molecule has 0 aliphatic carbocycles. The van der Waals surface area contributed by atoms with Crippen LogP contribution in [0.1, 0.15) is 18.4 Å². The van der Waals surface area contributed by atoms with E-state index in [0.717, 1.165) is 43.9 Å². The van der Waals surface area contributed by atoms with Crippen LogP contribution >= 0.6 is 0 Å². The van der Waals surface area contributed by atoms with Crippen molar-refractivity contribution in [1.82, 2.24) is 10.3 Å². The fourth-order valence-electron chi connectivity index (χ4n) is 2.77. The molecule has 1 fully saturated rings. The lowest BCUT2D eigenvalue weighted by atomic mass is 10.0. The normalized spacial score (nSPS) is 16.1. The SMILES string of the molecule is Oc1ccccc1CNC1CCN(c2ccccn2)CC1. The number of hydrogen-bond donors (Lipinski definition) is 2. The minimum atomic E-state index is 0.371. The summed E-state index contributed by atoms with van der Waals surface area (Å²) < 4.78 is 0. The molecule has 0 atom stereocenters. The van der Waals surface area contributed by atoms with Gasteiger partial charge in [-0.2, -0.15) is 0 Å². The van der Waals surface area contributed by atoms with Crippen LogP contribution in [0.25, 0.3) is 0 Å². The third-order valence-electron chi connectivity index (χ3n) is 4.04. The van der Waals surface area contributed by atoms with Crippen molar-refractivity contribution in [2.45, 2.75) is 25.4 Å². The van der Waals surface area contributed by atoms with Crippen molar-refractivity contribution in [1.29, 1.82) is 0 Å². The lowest BCUT2D eigenvalue weighted by Crippen LogP contribution is -2.42. The van der Waals surface area contributed by atoms with Gasteiger partial charge >= 0.3 is 0 Å². The monoisotopic (exact) mass is 283 g/mol. The molecule has 4 nitrogen and oxygen atoms in total. The van der Waals surface area contributed by atoms with Crippen molar-refractivity contribution in [2.24, 2.45) is 0 Å². The highest BCUT2D eigenvalue weighted by Crippen LogP contribution is 2.19. The Morgan fingerprint density at radius 3 is 2.57 bits per heavy atom. The average molecular weight is 283 g/mol. The van der Waals surface area contributed by atoms with Crippen molar-refractivity contribution in [3.8, 4) is 5.75 Å². The Morgan fingerprint density at radius 1 is 1.10 bits per heavy atom. The Bertz CT molecular complexity index is 565. The van der Waals surface area contributed by atoms with Gasteiger partial charge in [-0.3, -0.25) is 0 Å². The van der Waals surface area contributed by atoms with E-state index in [1.807, 2.05) is 36.5 Å². The summed E-state index contributed by atoms with van der Waals surface area (Å²) in [5.74, 6) is 1.44. The number of hydrogen-bond acceptors (Lipinski definition) is 4. The second-order valence-electron chi connectivity index (χ2n) is 5.46. The van der Waals surface area contributed by atoms with E-state index in [4.69, 9.17) is 0 Å². The first-order chi connectivity index (χ1) is 10.3. The number of phenolic OH excluding ortho intramolecular Hbond substituents is 1. The molecule has 0 unspecified atom stereocenters. The summed E-state index contributed by atoms with van der Waals surface area (Å²) in [4.78, 5) is 6.74. The van der Waals surface area contributed by atoms with Crippen LogP contribution in [0.15, 0.2) is 48.7 Å². The van der Waals surface area contributed by atoms with Crippen molar-refractivity contribution in [3.05, 3.63) is 54.2 Å². The van der Waals surface area contributed by atoms with Crippen LogP contribution in [0.4, 0.5) is 5.82 Å². The van der Waals surface area contributed by atoms with Gasteiger partial charge in [-0.25, -0.2) is 4.98 Å². The zero-order valence-corrected chi connectivity index (χ0v) is 12.1. The summed E-state index contributed by atoms with van der Waals surface area (Å²) >= 11 is 0. The number of anilines is 1. The first-order valence-electron chi connectivity index (χ1n) is 7.49. The fraction of sp³-hybridized carbons (Fsp3) is 0.353. The Labute approximate surface area is 125 Å². The molecule has 0 radical (unpaired) electrons. The summed E-state index contributed by atoms with van der Waals surface area (Å²) in [7, 11) is 0. The standard InChI is InChI=1S/C17H21N3O/c21-16-6-2-1-5-14(16)13-19-15-8-11-20(12-9-15)17-7-3-4-10-18-17/h1-7,10,15,19,21H,8-9,11-13H2. The van der Waals surface area contributed by atoms with E-state index in [9.17, 15) is 5.11 Å². The van der Waals surface area contributed by atoms with Gasteiger partial charge in [0.2, 0.25) is 0 Å². The Balaban J connectivity index is 1.49. The number of nitrogens with zero attached hydrogens (tertiary/aromatic N) is 2. The first kappa shape index (κ1) is 13.9. The van der Waals surface area contributed by atoms with Crippen LogP contribution in [-0.4, -0.2) is 29.2 Å². The molecule has 3 rings (SSSR count). The zero-order valence-electron chi connectivity index (χ0n) is 12.1. The number of nitrogens with one attached hydrogen (secondary N) is 1. The van der Waals surface area contributed by atoms with Crippen LogP contribution < -0.4 is 10.2 Å². The fourth-order valence-corrected chi connectivity index (χ4v) is 2.77. The van der Waals surface area contributed by atoms with E-state index in [2.05, 4.69) is 21.3 Å². The van der Waals surface area contributed by atoms with Gasteiger partial charge in [0.1, 0.15) is 11.6 Å². The third kappa shape index (κ3) is 3.52. The third-order valence-corrected chi connectivity index (χ3v) is 4.04. The zero-order chi connectivity index (χ0) is 14.5. The van der Waals surface area contributed by atoms with Gasteiger partial charge in [-0.05, 0) is 31.0 Å². The molecule has 2 N–H and O–H groups in total. The van der Waals surface area contributed by atoms with Crippen molar-refractivity contribution < 1.29 is 5.11 Å². The predicted molar refractivity (Wildman–Crippen MR) is 84.4 cm³/mol. The lowest BCUT2D eigenvalue weighted by molar-refractivity contribution is 0.405. The summed E-state index contributed by atoms with van der Waals surface area (Å²) in [5, 5.41) is 13.3. The smallest absolute Gasteiger partial charge is 0.128 e. The van der Waals surface area contributed by atoms with Gasteiger partial charge in [0.05, 0.1) is 0 Å². The number of piperidine rings is 1. The van der Waals surface area contributed by atoms with Gasteiger partial charge in [0.25, 0.3) is 0 Å². The molecule has 0 spiro atoms. The van der Waals surface area contributed by atoms with Crippen molar-refractivity contribution in [3.63, 3.8) is 0 Å². The molecule has 1 aliphatic heterocycles. The highest BCUT2D eigenvalue weighted by atomic mass is 16.3. The second kappa shape index (κ2) is 6.59. The average Bonchev–Trinajstić information content (AvgIpc) is 2.55. The number of rotatable bonds is 4. The Morgan fingerprint density at radius 2 is 1.86 bits per heavy atom. The van der Waals surface area contributed by atoms with Crippen LogP contribution in [0.5, 0.6) is 5.75 Å². The molecule has 1 aliphatic rings. The van der Waals surface area contributed by atoms with Gasteiger partial charge < -0.3 is 15.3 Å². The number of para-hydroxylation sites is 1. The highest BCUT2D eigenvalue weighted by molar-refractivity contribution is 5.38. The number of aromatic hydroxyl groups is 1. The minimum Gasteiger partial charge on any atom is -0.508 e. The molecule has 4 heteroatoms. The molecule has 2 heterocycles. The van der Waals surface area contributed by atoms with E-state index in [0.29, 0.717) is 11.8 Å². The van der Waals surface area contributed by atoms with Gasteiger partial charge in [0.15, 0.2) is 0 Å². The molecule has 2 aromatic rings. The van der Waals surface area contributed by atoms with E-state index in [1.165, 1.54) is 0 Å². The number of pyridine rings is 1. The van der Waals surface area contributed by atoms with E-state index < -0.39 is 0 Å². The molecular weight excluding hydrogens is 262 g/mol. The minimum absolute atomic E-state index is 0.371.